The van der Waals surface area contributed by atoms with Crippen molar-refractivity contribution in [2.24, 2.45) is 5.14 Å². The lowest BCUT2D eigenvalue weighted by Crippen LogP contribution is -2.32. The second kappa shape index (κ2) is 6.43. The number of primary sulfonamides is 1. The summed E-state index contributed by atoms with van der Waals surface area (Å²) in [6.07, 6.45) is 1.29. The summed E-state index contributed by atoms with van der Waals surface area (Å²) in [5.74, 6) is -1.94. The van der Waals surface area contributed by atoms with Crippen LogP contribution in [0.1, 0.15) is 17.3 Å². The van der Waals surface area contributed by atoms with E-state index in [9.17, 15) is 17.6 Å². The zero-order valence-corrected chi connectivity index (χ0v) is 11.1. The lowest BCUT2D eigenvalue weighted by molar-refractivity contribution is 0.0952. The number of hydrogen-bond acceptors (Lipinski definition) is 5. The Kier molecular flexibility index (Phi) is 5.19. The molecule has 0 radical (unpaired) electrons. The molecule has 0 bridgehead atoms. The molecule has 0 aromatic carbocycles. The van der Waals surface area contributed by atoms with E-state index < -0.39 is 27.5 Å². The van der Waals surface area contributed by atoms with E-state index in [4.69, 9.17) is 5.14 Å². The average Bonchev–Trinajstić information content (AvgIpc) is 2.30. The first-order valence-electron chi connectivity index (χ1n) is 5.52. The number of carbonyl (C=O) groups excluding carboxylic acids is 1. The van der Waals surface area contributed by atoms with E-state index in [2.05, 4.69) is 15.6 Å². The Morgan fingerprint density at radius 1 is 1.53 bits per heavy atom. The molecule has 0 aliphatic carbocycles. The van der Waals surface area contributed by atoms with E-state index in [0.29, 0.717) is 6.54 Å². The van der Waals surface area contributed by atoms with E-state index in [1.807, 2.05) is 0 Å². The quantitative estimate of drug-likeness (QED) is 0.664. The molecule has 1 aromatic rings. The summed E-state index contributed by atoms with van der Waals surface area (Å²) >= 11 is 0. The normalized spacial score (nSPS) is 11.1. The van der Waals surface area contributed by atoms with Crippen LogP contribution in [0.4, 0.5) is 10.2 Å². The Morgan fingerprint density at radius 2 is 2.21 bits per heavy atom. The Balaban J connectivity index is 2.74. The van der Waals surface area contributed by atoms with Gasteiger partial charge in [-0.25, -0.2) is 22.9 Å². The molecule has 0 atom stereocenters. The first-order valence-corrected chi connectivity index (χ1v) is 7.23. The van der Waals surface area contributed by atoms with Crippen molar-refractivity contribution >= 4 is 21.7 Å². The largest absolute Gasteiger partial charge is 0.368 e. The SMILES string of the molecule is CCNc1nccc(C(=O)NCCS(N)(=O)=O)c1F. The number of hydrogen-bond donors (Lipinski definition) is 3. The molecule has 106 valence electrons. The number of nitrogens with one attached hydrogen (secondary N) is 2. The lowest BCUT2D eigenvalue weighted by atomic mass is 10.2. The third-order valence-electron chi connectivity index (χ3n) is 2.15. The number of nitrogens with two attached hydrogens (primary N) is 1. The third kappa shape index (κ3) is 4.79. The van der Waals surface area contributed by atoms with Crippen LogP contribution in [0.15, 0.2) is 12.3 Å². The first kappa shape index (κ1) is 15.3. The fraction of sp³-hybridized carbons (Fsp3) is 0.400. The minimum Gasteiger partial charge on any atom is -0.368 e. The number of anilines is 1. The van der Waals surface area contributed by atoms with Gasteiger partial charge < -0.3 is 10.6 Å². The summed E-state index contributed by atoms with van der Waals surface area (Å²) in [4.78, 5) is 15.4. The van der Waals surface area contributed by atoms with Crippen molar-refractivity contribution in [2.75, 3.05) is 24.2 Å². The van der Waals surface area contributed by atoms with Gasteiger partial charge in [-0.1, -0.05) is 0 Å². The number of nitrogens with zero attached hydrogens (tertiary/aromatic N) is 1. The van der Waals surface area contributed by atoms with Crippen LogP contribution in [0.3, 0.4) is 0 Å². The Morgan fingerprint density at radius 3 is 2.79 bits per heavy atom. The van der Waals surface area contributed by atoms with Gasteiger partial charge in [0.25, 0.3) is 5.91 Å². The molecule has 1 amide bonds. The zero-order valence-electron chi connectivity index (χ0n) is 10.3. The summed E-state index contributed by atoms with van der Waals surface area (Å²) in [7, 11) is -3.66. The molecule has 1 rings (SSSR count). The topological polar surface area (TPSA) is 114 Å². The summed E-state index contributed by atoms with van der Waals surface area (Å²) in [5.41, 5.74) is -0.208. The standard InChI is InChI=1S/C10H15FN4O3S/c1-2-13-9-8(11)7(3-4-14-9)10(16)15-5-6-19(12,17)18/h3-4H,2,5-6H2,1H3,(H,13,14)(H,15,16)(H2,12,17,18). The monoisotopic (exact) mass is 290 g/mol. The highest BCUT2D eigenvalue weighted by atomic mass is 32.2. The van der Waals surface area contributed by atoms with Crippen molar-refractivity contribution in [1.82, 2.24) is 10.3 Å². The van der Waals surface area contributed by atoms with Gasteiger partial charge in [-0.2, -0.15) is 0 Å². The molecule has 9 heteroatoms. The van der Waals surface area contributed by atoms with Crippen molar-refractivity contribution < 1.29 is 17.6 Å². The fourth-order valence-corrected chi connectivity index (χ4v) is 1.70. The van der Waals surface area contributed by atoms with Crippen molar-refractivity contribution in [3.8, 4) is 0 Å². The van der Waals surface area contributed by atoms with Gasteiger partial charge >= 0.3 is 0 Å². The summed E-state index contributed by atoms with van der Waals surface area (Å²) < 4.78 is 35.2. The molecule has 0 aliphatic rings. The Labute approximate surface area is 110 Å². The number of rotatable bonds is 6. The van der Waals surface area contributed by atoms with Gasteiger partial charge in [0.1, 0.15) is 0 Å². The van der Waals surface area contributed by atoms with Crippen LogP contribution >= 0.6 is 0 Å². The molecule has 0 spiro atoms. The van der Waals surface area contributed by atoms with Crippen molar-refractivity contribution in [3.05, 3.63) is 23.6 Å². The van der Waals surface area contributed by atoms with Gasteiger partial charge in [0.05, 0.1) is 11.3 Å². The van der Waals surface area contributed by atoms with Crippen molar-refractivity contribution in [2.45, 2.75) is 6.92 Å². The van der Waals surface area contributed by atoms with Crippen LogP contribution in [-0.2, 0) is 10.0 Å². The Hall–Kier alpha value is -1.74. The Bertz CT molecular complexity index is 562. The lowest BCUT2D eigenvalue weighted by Gasteiger charge is -2.08. The van der Waals surface area contributed by atoms with Crippen molar-refractivity contribution in [3.63, 3.8) is 0 Å². The molecule has 19 heavy (non-hydrogen) atoms. The minimum atomic E-state index is -3.66. The molecule has 4 N–H and O–H groups in total. The van der Waals surface area contributed by atoms with E-state index >= 15 is 0 Å². The van der Waals surface area contributed by atoms with Gasteiger partial charge in [-0.15, -0.1) is 0 Å². The van der Waals surface area contributed by atoms with Crippen LogP contribution in [0.5, 0.6) is 0 Å². The number of pyridine rings is 1. The summed E-state index contributed by atoms with van der Waals surface area (Å²) in [6.45, 7) is 2.04. The van der Waals surface area contributed by atoms with Gasteiger partial charge in [0, 0.05) is 19.3 Å². The smallest absolute Gasteiger partial charge is 0.254 e. The summed E-state index contributed by atoms with van der Waals surface area (Å²) in [6, 6.07) is 1.21. The zero-order chi connectivity index (χ0) is 14.5. The highest BCUT2D eigenvalue weighted by Gasteiger charge is 2.15. The molecular weight excluding hydrogens is 275 g/mol. The molecule has 0 unspecified atom stereocenters. The summed E-state index contributed by atoms with van der Waals surface area (Å²) in [5, 5.41) is 9.72. The number of amides is 1. The van der Waals surface area contributed by atoms with E-state index in [1.54, 1.807) is 6.92 Å². The third-order valence-corrected chi connectivity index (χ3v) is 2.92. The number of halogens is 1. The minimum absolute atomic E-state index is 0.0263. The van der Waals surface area contributed by atoms with Crippen LogP contribution in [-0.4, -0.2) is 38.2 Å². The van der Waals surface area contributed by atoms with Gasteiger partial charge in [0.2, 0.25) is 10.0 Å². The number of aromatic nitrogens is 1. The second-order valence-corrected chi connectivity index (χ2v) is 5.41. The van der Waals surface area contributed by atoms with Gasteiger partial charge in [-0.3, -0.25) is 4.79 Å². The molecular formula is C10H15FN4O3S. The molecule has 0 fully saturated rings. The predicted molar refractivity (Wildman–Crippen MR) is 68.7 cm³/mol. The average molecular weight is 290 g/mol. The van der Waals surface area contributed by atoms with Gasteiger partial charge in [0.15, 0.2) is 11.6 Å². The molecule has 0 aliphatic heterocycles. The molecule has 7 nitrogen and oxygen atoms in total. The molecule has 1 aromatic heterocycles. The second-order valence-electron chi connectivity index (χ2n) is 3.67. The first-order chi connectivity index (χ1) is 8.85. The van der Waals surface area contributed by atoms with Crippen LogP contribution in [0.25, 0.3) is 0 Å². The molecule has 1 heterocycles. The van der Waals surface area contributed by atoms with E-state index in [0.717, 1.165) is 0 Å². The van der Waals surface area contributed by atoms with Crippen LogP contribution in [0, 0.1) is 5.82 Å². The van der Waals surface area contributed by atoms with E-state index in [-0.39, 0.29) is 17.9 Å². The maximum Gasteiger partial charge on any atom is 0.254 e. The highest BCUT2D eigenvalue weighted by molar-refractivity contribution is 7.89. The van der Waals surface area contributed by atoms with Crippen LogP contribution < -0.4 is 15.8 Å². The molecule has 0 saturated heterocycles. The van der Waals surface area contributed by atoms with Gasteiger partial charge in [-0.05, 0) is 13.0 Å². The van der Waals surface area contributed by atoms with E-state index in [1.165, 1.54) is 12.3 Å². The van der Waals surface area contributed by atoms with Crippen LogP contribution in [0.2, 0.25) is 0 Å². The highest BCUT2D eigenvalue weighted by Crippen LogP contribution is 2.14. The number of sulfonamides is 1. The molecule has 0 saturated carbocycles. The fourth-order valence-electron chi connectivity index (χ4n) is 1.31. The van der Waals surface area contributed by atoms with Crippen molar-refractivity contribution in [1.29, 1.82) is 0 Å². The number of carbonyl (C=O) groups is 1. The maximum absolute atomic E-state index is 13.8. The maximum atomic E-state index is 13.8. The predicted octanol–water partition coefficient (Wildman–Crippen LogP) is -0.329.